The van der Waals surface area contributed by atoms with E-state index in [0.717, 1.165) is 5.69 Å². The fourth-order valence-corrected chi connectivity index (χ4v) is 2.04. The van der Waals surface area contributed by atoms with Crippen LogP contribution in [-0.2, 0) is 11.4 Å². The highest BCUT2D eigenvalue weighted by Gasteiger charge is 2.09. The van der Waals surface area contributed by atoms with Gasteiger partial charge in [-0.3, -0.25) is 4.03 Å². The van der Waals surface area contributed by atoms with Gasteiger partial charge >= 0.3 is 0 Å². The number of rotatable bonds is 2. The Kier molecular flexibility index (Phi) is 3.56. The fraction of sp³-hybridized carbons (Fsp3) is 0.333. The number of hydrogen-bond donors (Lipinski definition) is 0. The van der Waals surface area contributed by atoms with Crippen molar-refractivity contribution in [3.63, 3.8) is 0 Å². The van der Waals surface area contributed by atoms with Gasteiger partial charge in [-0.1, -0.05) is 18.2 Å². The Bertz CT molecular complexity index is 323. The summed E-state index contributed by atoms with van der Waals surface area (Å²) >= 11 is 1.33. The van der Waals surface area contributed by atoms with E-state index in [0.29, 0.717) is 0 Å². The molecule has 0 aliphatic carbocycles. The van der Waals surface area contributed by atoms with Gasteiger partial charge in [0, 0.05) is 0 Å². The minimum atomic E-state index is -1.32. The zero-order valence-corrected chi connectivity index (χ0v) is 10.0. The Balaban J connectivity index is 2.75. The van der Waals surface area contributed by atoms with Gasteiger partial charge in [0.25, 0.3) is 0 Å². The zero-order valence-electron chi connectivity index (χ0n) is 8.19. The van der Waals surface area contributed by atoms with E-state index in [4.69, 9.17) is 0 Å². The molecule has 0 aliphatic rings. The molecule has 0 aromatic heterocycles. The van der Waals surface area contributed by atoms with Crippen LogP contribution in [0.5, 0.6) is 0 Å². The largest absolute Gasteiger partial charge is 0.256 e. The maximum absolute atomic E-state index is 4.44. The molecular weight excluding hydrogens is 196 g/mol. The first kappa shape index (κ1) is 10.3. The first-order valence-electron chi connectivity index (χ1n) is 4.22. The summed E-state index contributed by atoms with van der Waals surface area (Å²) in [7, 11) is -1.32. The molecule has 0 amide bonds. The SMILES string of the molecule is C[Si](C)(C)N=S=Nc1ccccc1. The lowest BCUT2D eigenvalue weighted by Gasteiger charge is -2.02. The van der Waals surface area contributed by atoms with Crippen LogP contribution >= 0.6 is 0 Å². The molecule has 0 unspecified atom stereocenters. The summed E-state index contributed by atoms with van der Waals surface area (Å²) in [5.74, 6) is 0. The van der Waals surface area contributed by atoms with Gasteiger partial charge in [0.1, 0.15) is 0 Å². The van der Waals surface area contributed by atoms with Crippen LogP contribution in [0.15, 0.2) is 38.7 Å². The number of benzene rings is 1. The van der Waals surface area contributed by atoms with Crippen molar-refractivity contribution in [3.8, 4) is 0 Å². The van der Waals surface area contributed by atoms with Crippen molar-refractivity contribution in [2.75, 3.05) is 0 Å². The Morgan fingerprint density at radius 2 is 1.69 bits per heavy atom. The van der Waals surface area contributed by atoms with Gasteiger partial charge in [-0.25, -0.2) is 0 Å². The topological polar surface area (TPSA) is 24.7 Å². The summed E-state index contributed by atoms with van der Waals surface area (Å²) in [5.41, 5.74) is 0.981. The maximum atomic E-state index is 4.44. The number of nitrogens with zero attached hydrogens (tertiary/aromatic N) is 2. The molecule has 0 N–H and O–H groups in total. The second-order valence-corrected chi connectivity index (χ2v) is 9.19. The van der Waals surface area contributed by atoms with Gasteiger partial charge in [-0.2, -0.15) is 4.36 Å². The van der Waals surface area contributed by atoms with Gasteiger partial charge in [-0.15, -0.1) is 0 Å². The van der Waals surface area contributed by atoms with Crippen LogP contribution < -0.4 is 0 Å². The maximum Gasteiger partial charge on any atom is 0.190 e. The minimum absolute atomic E-state index is 0.981. The van der Waals surface area contributed by atoms with Crippen LogP contribution in [0.2, 0.25) is 19.6 Å². The highest BCUT2D eigenvalue weighted by atomic mass is 32.1. The van der Waals surface area contributed by atoms with E-state index >= 15 is 0 Å². The highest BCUT2D eigenvalue weighted by molar-refractivity contribution is 7.58. The predicted molar refractivity (Wildman–Crippen MR) is 61.7 cm³/mol. The summed E-state index contributed by atoms with van der Waals surface area (Å²) in [6.07, 6.45) is 0. The monoisotopic (exact) mass is 210 g/mol. The van der Waals surface area contributed by atoms with Crippen molar-refractivity contribution >= 4 is 25.3 Å². The average molecular weight is 210 g/mol. The van der Waals surface area contributed by atoms with Crippen LogP contribution in [0.25, 0.3) is 0 Å². The molecule has 0 saturated carbocycles. The number of hydrogen-bond acceptors (Lipinski definition) is 2. The molecule has 70 valence electrons. The molecule has 13 heavy (non-hydrogen) atoms. The van der Waals surface area contributed by atoms with Gasteiger partial charge in [0.15, 0.2) is 8.24 Å². The third kappa shape index (κ3) is 4.75. The van der Waals surface area contributed by atoms with Crippen molar-refractivity contribution in [1.82, 2.24) is 0 Å². The highest BCUT2D eigenvalue weighted by Crippen LogP contribution is 2.09. The van der Waals surface area contributed by atoms with Gasteiger partial charge in [0.2, 0.25) is 0 Å². The molecule has 0 bridgehead atoms. The van der Waals surface area contributed by atoms with Crippen molar-refractivity contribution in [2.24, 2.45) is 8.39 Å². The fourth-order valence-electron chi connectivity index (χ4n) is 0.679. The molecule has 0 aliphatic heterocycles. The van der Waals surface area contributed by atoms with Gasteiger partial charge in [0.05, 0.1) is 17.0 Å². The van der Waals surface area contributed by atoms with E-state index in [1.165, 1.54) is 11.4 Å². The smallest absolute Gasteiger partial charge is 0.190 e. The molecule has 4 heteroatoms. The van der Waals surface area contributed by atoms with Gasteiger partial charge in [-0.05, 0) is 31.8 Å². The van der Waals surface area contributed by atoms with Gasteiger partial charge < -0.3 is 0 Å². The molecule has 1 aromatic rings. The summed E-state index contributed by atoms with van der Waals surface area (Å²) in [4.78, 5) is 0. The van der Waals surface area contributed by atoms with Crippen molar-refractivity contribution in [3.05, 3.63) is 30.3 Å². The summed E-state index contributed by atoms with van der Waals surface area (Å²) in [6.45, 7) is 6.58. The minimum Gasteiger partial charge on any atom is -0.256 e. The van der Waals surface area contributed by atoms with Crippen LogP contribution in [0, 0.1) is 0 Å². The standard InChI is InChI=1S/C9H14N2SSi/c1-13(2,3)11-12-10-9-7-5-4-6-8-9/h4-8H,1-3H3. The van der Waals surface area contributed by atoms with Crippen LogP contribution in [0.4, 0.5) is 5.69 Å². The molecule has 0 heterocycles. The van der Waals surface area contributed by atoms with E-state index in [2.05, 4.69) is 28.0 Å². The molecule has 1 rings (SSSR count). The van der Waals surface area contributed by atoms with Crippen molar-refractivity contribution < 1.29 is 0 Å². The lowest BCUT2D eigenvalue weighted by molar-refractivity contribution is 1.56. The molecule has 0 fully saturated rings. The quantitative estimate of drug-likeness (QED) is 0.666. The summed E-state index contributed by atoms with van der Waals surface area (Å²) < 4.78 is 8.72. The molecule has 2 nitrogen and oxygen atoms in total. The lowest BCUT2D eigenvalue weighted by atomic mass is 10.3. The lowest BCUT2D eigenvalue weighted by Crippen LogP contribution is -2.14. The predicted octanol–water partition coefficient (Wildman–Crippen LogP) is 3.60. The van der Waals surface area contributed by atoms with E-state index < -0.39 is 8.24 Å². The third-order valence-electron chi connectivity index (χ3n) is 1.22. The molecule has 1 aromatic carbocycles. The Hall–Kier alpha value is -0.743. The Morgan fingerprint density at radius 1 is 1.08 bits per heavy atom. The van der Waals surface area contributed by atoms with Crippen LogP contribution in [0.1, 0.15) is 0 Å². The van der Waals surface area contributed by atoms with E-state index in [1.54, 1.807) is 0 Å². The summed E-state index contributed by atoms with van der Waals surface area (Å²) in [6, 6.07) is 9.90. The van der Waals surface area contributed by atoms with Crippen molar-refractivity contribution in [1.29, 1.82) is 0 Å². The van der Waals surface area contributed by atoms with E-state index in [1.807, 2.05) is 30.3 Å². The average Bonchev–Trinajstić information content (AvgIpc) is 2.04. The molecule has 0 spiro atoms. The van der Waals surface area contributed by atoms with Crippen LogP contribution in [-0.4, -0.2) is 8.24 Å². The molecule has 0 radical (unpaired) electrons. The molecule has 0 saturated heterocycles. The van der Waals surface area contributed by atoms with Crippen molar-refractivity contribution in [2.45, 2.75) is 19.6 Å². The third-order valence-corrected chi connectivity index (χ3v) is 4.03. The Morgan fingerprint density at radius 3 is 2.23 bits per heavy atom. The molecular formula is C9H14N2SSi. The zero-order chi connectivity index (χ0) is 9.73. The van der Waals surface area contributed by atoms with E-state index in [9.17, 15) is 0 Å². The molecule has 0 atom stereocenters. The normalized spacial score (nSPS) is 10.7. The Labute approximate surface area is 84.0 Å². The summed E-state index contributed by atoms with van der Waals surface area (Å²) in [5, 5.41) is 0. The van der Waals surface area contributed by atoms with Crippen LogP contribution in [0.3, 0.4) is 0 Å². The first-order chi connectivity index (χ1) is 6.08. The van der Waals surface area contributed by atoms with E-state index in [-0.39, 0.29) is 0 Å². The second-order valence-electron chi connectivity index (χ2n) is 3.77. The second kappa shape index (κ2) is 4.48. The first-order valence-corrected chi connectivity index (χ1v) is 8.40.